The summed E-state index contributed by atoms with van der Waals surface area (Å²) in [6, 6.07) is 21.2. The molecule has 2 aromatic carbocycles. The first kappa shape index (κ1) is 14.5. The zero-order valence-electron chi connectivity index (χ0n) is 12.5. The summed E-state index contributed by atoms with van der Waals surface area (Å²) in [6.07, 6.45) is 1.70. The maximum atomic E-state index is 6.28. The topological polar surface area (TPSA) is 56.5 Å². The van der Waals surface area contributed by atoms with E-state index < -0.39 is 0 Å². The number of tetrazole rings is 1. The van der Waals surface area contributed by atoms with E-state index in [9.17, 15) is 0 Å². The van der Waals surface area contributed by atoms with E-state index >= 15 is 0 Å². The van der Waals surface area contributed by atoms with Crippen molar-refractivity contribution >= 4 is 11.6 Å². The molecule has 0 aliphatic carbocycles. The number of halogens is 1. The molecule has 0 saturated carbocycles. The van der Waals surface area contributed by atoms with Crippen molar-refractivity contribution < 1.29 is 0 Å². The molecule has 2 heterocycles. The lowest BCUT2D eigenvalue weighted by molar-refractivity contribution is 0.720. The molecule has 0 atom stereocenters. The summed E-state index contributed by atoms with van der Waals surface area (Å²) >= 11 is 6.28. The summed E-state index contributed by atoms with van der Waals surface area (Å²) in [6.45, 7) is 0. The van der Waals surface area contributed by atoms with Gasteiger partial charge < -0.3 is 0 Å². The van der Waals surface area contributed by atoms with E-state index in [0.717, 1.165) is 16.8 Å². The van der Waals surface area contributed by atoms with Gasteiger partial charge in [-0.1, -0.05) is 48.0 Å². The highest BCUT2D eigenvalue weighted by Gasteiger charge is 2.09. The second-order valence-electron chi connectivity index (χ2n) is 5.15. The predicted octanol–water partition coefficient (Wildman–Crippen LogP) is 4.04. The number of hydrogen-bond acceptors (Lipinski definition) is 4. The molecule has 2 aromatic heterocycles. The fourth-order valence-electron chi connectivity index (χ4n) is 2.41. The highest BCUT2D eigenvalue weighted by Crippen LogP contribution is 2.28. The average molecular weight is 334 g/mol. The van der Waals surface area contributed by atoms with Gasteiger partial charge >= 0.3 is 0 Å². The highest BCUT2D eigenvalue weighted by molar-refractivity contribution is 6.33. The Balaban J connectivity index is 1.72. The second kappa shape index (κ2) is 6.22. The van der Waals surface area contributed by atoms with Crippen LogP contribution in [0.4, 0.5) is 0 Å². The largest absolute Gasteiger partial charge is 0.253 e. The van der Waals surface area contributed by atoms with Crippen LogP contribution < -0.4 is 0 Å². The Kier molecular flexibility index (Phi) is 3.76. The van der Waals surface area contributed by atoms with E-state index in [0.29, 0.717) is 16.5 Å². The first-order valence-electron chi connectivity index (χ1n) is 7.38. The maximum absolute atomic E-state index is 6.28. The van der Waals surface area contributed by atoms with Gasteiger partial charge in [0.2, 0.25) is 5.82 Å². The molecule has 24 heavy (non-hydrogen) atoms. The fourth-order valence-corrected chi connectivity index (χ4v) is 2.66. The molecule has 5 nitrogen and oxygen atoms in total. The summed E-state index contributed by atoms with van der Waals surface area (Å²) in [5, 5.41) is 13.3. The lowest BCUT2D eigenvalue weighted by Gasteiger charge is -2.06. The molecule has 116 valence electrons. The van der Waals surface area contributed by atoms with Crippen LogP contribution in [0.25, 0.3) is 28.3 Å². The van der Waals surface area contributed by atoms with Crippen molar-refractivity contribution in [3.8, 4) is 28.3 Å². The molecule has 0 unspecified atom stereocenters. The number of benzene rings is 2. The Morgan fingerprint density at radius 3 is 2.58 bits per heavy atom. The van der Waals surface area contributed by atoms with Crippen molar-refractivity contribution in [2.75, 3.05) is 0 Å². The lowest BCUT2D eigenvalue weighted by atomic mass is 10.1. The van der Waals surface area contributed by atoms with Gasteiger partial charge in [-0.2, -0.15) is 0 Å². The first-order valence-corrected chi connectivity index (χ1v) is 7.76. The quantitative estimate of drug-likeness (QED) is 0.567. The third kappa shape index (κ3) is 2.77. The van der Waals surface area contributed by atoms with Crippen molar-refractivity contribution in [2.45, 2.75) is 0 Å². The standard InChI is InChI=1S/C18H12ClN5/c19-16-9-2-1-8-15(16)13-6-5-7-14(12-13)24-22-18(21-23-24)17-10-3-4-11-20-17/h1-12H. The molecule has 0 aliphatic rings. The number of rotatable bonds is 3. The second-order valence-corrected chi connectivity index (χ2v) is 5.55. The van der Waals surface area contributed by atoms with Gasteiger partial charge in [0.15, 0.2) is 0 Å². The molecule has 0 bridgehead atoms. The average Bonchev–Trinajstić information content (AvgIpc) is 3.13. The zero-order chi connectivity index (χ0) is 16.4. The SMILES string of the molecule is Clc1ccccc1-c1cccc(-n2nnc(-c3ccccn3)n2)c1. The van der Waals surface area contributed by atoms with Crippen LogP contribution in [0.5, 0.6) is 0 Å². The third-order valence-electron chi connectivity index (χ3n) is 3.57. The summed E-state index contributed by atoms with van der Waals surface area (Å²) in [7, 11) is 0. The van der Waals surface area contributed by atoms with Gasteiger partial charge in [0.05, 0.1) is 5.69 Å². The molecule has 0 spiro atoms. The van der Waals surface area contributed by atoms with Crippen LogP contribution in [0, 0.1) is 0 Å². The highest BCUT2D eigenvalue weighted by atomic mass is 35.5. The minimum absolute atomic E-state index is 0.485. The zero-order valence-corrected chi connectivity index (χ0v) is 13.3. The molecule has 0 fully saturated rings. The van der Waals surface area contributed by atoms with Crippen molar-refractivity contribution in [3.63, 3.8) is 0 Å². The van der Waals surface area contributed by atoms with Gasteiger partial charge in [0.1, 0.15) is 5.69 Å². The summed E-state index contributed by atoms with van der Waals surface area (Å²) in [5.41, 5.74) is 3.45. The Bertz CT molecular complexity index is 981. The minimum Gasteiger partial charge on any atom is -0.253 e. The molecule has 0 radical (unpaired) electrons. The molecular formula is C18H12ClN5. The molecular weight excluding hydrogens is 322 g/mol. The van der Waals surface area contributed by atoms with Gasteiger partial charge in [-0.3, -0.25) is 4.98 Å². The van der Waals surface area contributed by atoms with Crippen molar-refractivity contribution in [1.29, 1.82) is 0 Å². The maximum Gasteiger partial charge on any atom is 0.223 e. The predicted molar refractivity (Wildman–Crippen MR) is 92.8 cm³/mol. The smallest absolute Gasteiger partial charge is 0.223 e. The van der Waals surface area contributed by atoms with Gasteiger partial charge in [0, 0.05) is 16.8 Å². The first-order chi connectivity index (χ1) is 11.8. The molecule has 0 saturated heterocycles. The molecule has 4 aromatic rings. The van der Waals surface area contributed by atoms with Crippen LogP contribution >= 0.6 is 11.6 Å². The van der Waals surface area contributed by atoms with Gasteiger partial charge in [-0.05, 0) is 41.1 Å². The van der Waals surface area contributed by atoms with E-state index in [2.05, 4.69) is 20.4 Å². The molecule has 6 heteroatoms. The van der Waals surface area contributed by atoms with Gasteiger partial charge in [-0.15, -0.1) is 15.0 Å². The normalized spacial score (nSPS) is 10.7. The summed E-state index contributed by atoms with van der Waals surface area (Å²) in [4.78, 5) is 5.73. The molecule has 0 N–H and O–H groups in total. The third-order valence-corrected chi connectivity index (χ3v) is 3.90. The number of nitrogens with zero attached hydrogens (tertiary/aromatic N) is 5. The lowest BCUT2D eigenvalue weighted by Crippen LogP contribution is -1.99. The number of pyridine rings is 1. The van der Waals surface area contributed by atoms with E-state index in [1.165, 1.54) is 4.80 Å². The Morgan fingerprint density at radius 2 is 1.75 bits per heavy atom. The van der Waals surface area contributed by atoms with Crippen molar-refractivity contribution in [2.24, 2.45) is 0 Å². The molecule has 0 amide bonds. The van der Waals surface area contributed by atoms with Crippen LogP contribution in [-0.4, -0.2) is 25.2 Å². The summed E-state index contributed by atoms with van der Waals surface area (Å²) < 4.78 is 0. The number of hydrogen-bond donors (Lipinski definition) is 0. The van der Waals surface area contributed by atoms with Crippen LogP contribution in [0.15, 0.2) is 72.9 Å². The van der Waals surface area contributed by atoms with Crippen LogP contribution in [0.1, 0.15) is 0 Å². The minimum atomic E-state index is 0.485. The van der Waals surface area contributed by atoms with E-state index in [4.69, 9.17) is 11.6 Å². The van der Waals surface area contributed by atoms with Gasteiger partial charge in [-0.25, -0.2) is 0 Å². The van der Waals surface area contributed by atoms with Gasteiger partial charge in [0.25, 0.3) is 0 Å². The van der Waals surface area contributed by atoms with Crippen LogP contribution in [0.3, 0.4) is 0 Å². The Labute approximate surface area is 143 Å². The molecule has 0 aliphatic heterocycles. The van der Waals surface area contributed by atoms with Crippen LogP contribution in [-0.2, 0) is 0 Å². The van der Waals surface area contributed by atoms with Crippen LogP contribution in [0.2, 0.25) is 5.02 Å². The Morgan fingerprint density at radius 1 is 0.875 bits per heavy atom. The van der Waals surface area contributed by atoms with E-state index in [1.807, 2.05) is 66.7 Å². The number of aromatic nitrogens is 5. The van der Waals surface area contributed by atoms with E-state index in [1.54, 1.807) is 6.20 Å². The Hall–Kier alpha value is -3.05. The van der Waals surface area contributed by atoms with Crippen molar-refractivity contribution in [1.82, 2.24) is 25.2 Å². The summed E-state index contributed by atoms with van der Waals surface area (Å²) in [5.74, 6) is 0.485. The fraction of sp³-hybridized carbons (Fsp3) is 0. The molecule has 4 rings (SSSR count). The van der Waals surface area contributed by atoms with Crippen molar-refractivity contribution in [3.05, 3.63) is 77.9 Å². The van der Waals surface area contributed by atoms with E-state index in [-0.39, 0.29) is 0 Å². The monoisotopic (exact) mass is 333 g/mol.